The smallest absolute Gasteiger partial charge is 0.312 e. The zero-order valence-electron chi connectivity index (χ0n) is 21.9. The van der Waals surface area contributed by atoms with Crippen molar-refractivity contribution in [3.05, 3.63) is 0 Å². The van der Waals surface area contributed by atoms with Crippen LogP contribution in [0, 0.1) is 11.3 Å². The summed E-state index contributed by atoms with van der Waals surface area (Å²) >= 11 is 0. The molecule has 7 heteroatoms. The Bertz CT molecular complexity index is 582. The summed E-state index contributed by atoms with van der Waals surface area (Å²) in [6, 6.07) is -1.58. The van der Waals surface area contributed by atoms with Crippen LogP contribution in [0.4, 0.5) is 4.79 Å². The summed E-state index contributed by atoms with van der Waals surface area (Å²) in [5, 5.41) is 9.09. The number of unbranched alkanes of at least 4 members (excludes halogenated alkanes) is 4. The van der Waals surface area contributed by atoms with Crippen LogP contribution in [0.5, 0.6) is 0 Å². The van der Waals surface area contributed by atoms with Crippen LogP contribution in [0.15, 0.2) is 0 Å². The van der Waals surface area contributed by atoms with Crippen LogP contribution in [-0.4, -0.2) is 41.9 Å². The number of Topliss-reactive ketones (excluding diaryl/α,β-unsaturated/α-hetero) is 1. The molecule has 5 N–H and O–H groups in total. The highest BCUT2D eigenvalue weighted by atomic mass is 16.2. The second-order valence-corrected chi connectivity index (χ2v) is 11.0. The van der Waals surface area contributed by atoms with E-state index >= 15 is 0 Å². The van der Waals surface area contributed by atoms with Gasteiger partial charge in [-0.2, -0.15) is 0 Å². The first-order valence-corrected chi connectivity index (χ1v) is 12.4. The van der Waals surface area contributed by atoms with E-state index in [2.05, 4.69) is 36.7 Å². The molecule has 3 amide bonds. The normalized spacial score (nSPS) is 14.2. The molecule has 188 valence electrons. The van der Waals surface area contributed by atoms with E-state index in [1.807, 2.05) is 34.6 Å². The van der Waals surface area contributed by atoms with Gasteiger partial charge in [-0.05, 0) is 39.0 Å². The maximum atomic E-state index is 13.2. The van der Waals surface area contributed by atoms with E-state index in [4.69, 9.17) is 5.73 Å². The molecule has 0 rings (SSSR count). The molecule has 0 saturated heterocycles. The Hall–Kier alpha value is -1.63. The number of hydrogen-bond donors (Lipinski definition) is 4. The fraction of sp³-hybridized carbons (Fsp3) is 0.880. The first-order chi connectivity index (χ1) is 14.7. The average molecular weight is 455 g/mol. The third-order valence-corrected chi connectivity index (χ3v) is 5.74. The van der Waals surface area contributed by atoms with Gasteiger partial charge in [-0.15, -0.1) is 0 Å². The third kappa shape index (κ3) is 13.0. The molecule has 7 nitrogen and oxygen atoms in total. The molecule has 2 unspecified atom stereocenters. The molecule has 0 spiro atoms. The van der Waals surface area contributed by atoms with Gasteiger partial charge in [0.2, 0.25) is 5.91 Å². The molecular formula is C25H50N4O3. The van der Waals surface area contributed by atoms with Crippen LogP contribution in [0.3, 0.4) is 0 Å². The van der Waals surface area contributed by atoms with E-state index in [1.165, 1.54) is 25.7 Å². The van der Waals surface area contributed by atoms with Gasteiger partial charge in [0, 0.05) is 17.5 Å². The monoisotopic (exact) mass is 454 g/mol. The van der Waals surface area contributed by atoms with Gasteiger partial charge < -0.3 is 21.7 Å². The lowest BCUT2D eigenvalue weighted by atomic mass is 9.84. The van der Waals surface area contributed by atoms with Gasteiger partial charge in [-0.1, -0.05) is 73.6 Å². The predicted octanol–water partition coefficient (Wildman–Crippen LogP) is 4.29. The van der Waals surface area contributed by atoms with Crippen LogP contribution in [0.2, 0.25) is 0 Å². The lowest BCUT2D eigenvalue weighted by Crippen LogP contribution is -2.58. The second kappa shape index (κ2) is 14.5. The third-order valence-electron chi connectivity index (χ3n) is 5.74. The van der Waals surface area contributed by atoms with E-state index in [-0.39, 0.29) is 29.2 Å². The number of nitrogens with two attached hydrogens (primary N) is 1. The second-order valence-electron chi connectivity index (χ2n) is 11.0. The van der Waals surface area contributed by atoms with Crippen molar-refractivity contribution < 1.29 is 14.4 Å². The number of ketones is 1. The van der Waals surface area contributed by atoms with Crippen molar-refractivity contribution in [1.29, 1.82) is 0 Å². The summed E-state index contributed by atoms with van der Waals surface area (Å²) in [7, 11) is 0. The minimum atomic E-state index is -0.600. The molecule has 0 radical (unpaired) electrons. The Morgan fingerprint density at radius 2 is 1.50 bits per heavy atom. The molecule has 0 aromatic rings. The van der Waals surface area contributed by atoms with Crippen molar-refractivity contribution in [3.8, 4) is 0 Å². The zero-order valence-corrected chi connectivity index (χ0v) is 21.9. The van der Waals surface area contributed by atoms with E-state index in [1.54, 1.807) is 0 Å². The Kier molecular flexibility index (Phi) is 13.8. The van der Waals surface area contributed by atoms with Crippen LogP contribution >= 0.6 is 0 Å². The van der Waals surface area contributed by atoms with E-state index in [0.717, 1.165) is 12.8 Å². The number of amides is 3. The number of hydrogen-bond acceptors (Lipinski definition) is 4. The van der Waals surface area contributed by atoms with Gasteiger partial charge in [0.15, 0.2) is 5.78 Å². The molecule has 0 aliphatic rings. The topological polar surface area (TPSA) is 113 Å². The molecule has 0 bridgehead atoms. The molecule has 0 heterocycles. The van der Waals surface area contributed by atoms with Crippen molar-refractivity contribution >= 4 is 17.7 Å². The van der Waals surface area contributed by atoms with Crippen molar-refractivity contribution in [2.75, 3.05) is 6.54 Å². The van der Waals surface area contributed by atoms with E-state index in [0.29, 0.717) is 19.4 Å². The predicted molar refractivity (Wildman–Crippen MR) is 132 cm³/mol. The van der Waals surface area contributed by atoms with Crippen molar-refractivity contribution in [2.24, 2.45) is 17.1 Å². The Balaban J connectivity index is 5.14. The number of nitrogens with one attached hydrogen (secondary N) is 3. The molecule has 2 atom stereocenters. The van der Waals surface area contributed by atoms with Crippen LogP contribution in [0.1, 0.15) is 107 Å². The first kappa shape index (κ1) is 30.4. The number of primary amides is 1. The summed E-state index contributed by atoms with van der Waals surface area (Å²) < 4.78 is 0. The van der Waals surface area contributed by atoms with E-state index in [9.17, 15) is 14.4 Å². The summed E-state index contributed by atoms with van der Waals surface area (Å²) in [6.45, 7) is 16.5. The summed E-state index contributed by atoms with van der Waals surface area (Å²) in [5.74, 6) is -0.0802. The maximum absolute atomic E-state index is 13.2. The standard InChI is InChI=1S/C25H50N4O3/c1-9-10-11-12-13-16-25(7,8)29-20(18(2)3)22(31)28-19(21(30)24(4,5)6)15-14-17-27-23(26)32/h18-20,29H,9-17H2,1-8H3,(H,28,31)(H3,26,27,32). The highest BCUT2D eigenvalue weighted by molar-refractivity contribution is 5.93. The minimum absolute atomic E-state index is 0.0115. The van der Waals surface area contributed by atoms with Crippen LogP contribution in [0.25, 0.3) is 0 Å². The van der Waals surface area contributed by atoms with Crippen molar-refractivity contribution in [1.82, 2.24) is 16.0 Å². The molecule has 0 fully saturated rings. The van der Waals surface area contributed by atoms with Gasteiger partial charge in [0.1, 0.15) is 0 Å². The van der Waals surface area contributed by atoms with Gasteiger partial charge in [-0.25, -0.2) is 4.79 Å². The lowest BCUT2D eigenvalue weighted by Gasteiger charge is -2.35. The quantitative estimate of drug-likeness (QED) is 0.261. The Morgan fingerprint density at radius 3 is 2.00 bits per heavy atom. The van der Waals surface area contributed by atoms with Gasteiger partial charge >= 0.3 is 6.03 Å². The largest absolute Gasteiger partial charge is 0.352 e. The molecular weight excluding hydrogens is 404 g/mol. The average Bonchev–Trinajstić information content (AvgIpc) is 2.66. The van der Waals surface area contributed by atoms with Crippen LogP contribution in [-0.2, 0) is 9.59 Å². The van der Waals surface area contributed by atoms with Crippen LogP contribution < -0.4 is 21.7 Å². The molecule has 0 aromatic carbocycles. The van der Waals surface area contributed by atoms with Gasteiger partial charge in [-0.3, -0.25) is 9.59 Å². The molecule has 0 aromatic heterocycles. The summed E-state index contributed by atoms with van der Waals surface area (Å²) in [4.78, 5) is 37.1. The van der Waals surface area contributed by atoms with Gasteiger partial charge in [0.05, 0.1) is 12.1 Å². The zero-order chi connectivity index (χ0) is 24.9. The van der Waals surface area contributed by atoms with Crippen molar-refractivity contribution in [2.45, 2.75) is 124 Å². The molecule has 32 heavy (non-hydrogen) atoms. The summed E-state index contributed by atoms with van der Waals surface area (Å²) in [5.41, 5.74) is 4.37. The Labute approximate surface area is 196 Å². The maximum Gasteiger partial charge on any atom is 0.312 e. The van der Waals surface area contributed by atoms with Gasteiger partial charge in [0.25, 0.3) is 0 Å². The number of rotatable bonds is 16. The highest BCUT2D eigenvalue weighted by Crippen LogP contribution is 2.21. The number of carbonyl (C=O) groups excluding carboxylic acids is 3. The molecule has 0 saturated carbocycles. The molecule has 0 aliphatic heterocycles. The number of urea groups is 1. The SMILES string of the molecule is CCCCCCCC(C)(C)NC(C(=O)NC(CCCNC(N)=O)C(=O)C(C)(C)C)C(C)C. The van der Waals surface area contributed by atoms with E-state index < -0.39 is 17.5 Å². The number of carbonyl (C=O) groups is 3. The fourth-order valence-electron chi connectivity index (χ4n) is 3.77. The fourth-order valence-corrected chi connectivity index (χ4v) is 3.77. The molecule has 0 aliphatic carbocycles. The highest BCUT2D eigenvalue weighted by Gasteiger charge is 2.34. The van der Waals surface area contributed by atoms with Crippen molar-refractivity contribution in [3.63, 3.8) is 0 Å². The summed E-state index contributed by atoms with van der Waals surface area (Å²) in [6.07, 6.45) is 8.08. The minimum Gasteiger partial charge on any atom is -0.352 e. The first-order valence-electron chi connectivity index (χ1n) is 12.4. The Morgan fingerprint density at radius 1 is 0.906 bits per heavy atom. The lowest BCUT2D eigenvalue weighted by molar-refractivity contribution is -0.134.